The second kappa shape index (κ2) is 5.03. The highest BCUT2D eigenvalue weighted by Gasteiger charge is 2.39. The van der Waals surface area contributed by atoms with Crippen LogP contribution in [0, 0.1) is 5.92 Å². The molecule has 2 aliphatic rings. The summed E-state index contributed by atoms with van der Waals surface area (Å²) >= 11 is 0. The highest BCUT2D eigenvalue weighted by molar-refractivity contribution is 4.93. The van der Waals surface area contributed by atoms with Gasteiger partial charge in [0.05, 0.1) is 6.10 Å². The number of hydrogen-bond acceptors (Lipinski definition) is 3. The van der Waals surface area contributed by atoms with Gasteiger partial charge in [0.15, 0.2) is 0 Å². The maximum absolute atomic E-state index is 9.45. The Hall–Kier alpha value is -0.120. The molecule has 3 heteroatoms. The molecular weight excluding hydrogens is 202 g/mol. The van der Waals surface area contributed by atoms with Gasteiger partial charge in [-0.1, -0.05) is 0 Å². The van der Waals surface area contributed by atoms with Crippen LogP contribution in [0.1, 0.15) is 39.5 Å². The molecule has 0 radical (unpaired) electrons. The summed E-state index contributed by atoms with van der Waals surface area (Å²) in [5.74, 6) is 0.419. The van der Waals surface area contributed by atoms with Crippen LogP contribution in [-0.2, 0) is 4.74 Å². The number of piperidine rings is 1. The van der Waals surface area contributed by atoms with Crippen molar-refractivity contribution >= 4 is 0 Å². The zero-order chi connectivity index (χ0) is 11.6. The summed E-state index contributed by atoms with van der Waals surface area (Å²) in [6.07, 6.45) is 5.21. The van der Waals surface area contributed by atoms with Gasteiger partial charge in [0, 0.05) is 25.3 Å². The predicted molar refractivity (Wildman–Crippen MR) is 64.4 cm³/mol. The van der Waals surface area contributed by atoms with Crippen LogP contribution in [0.3, 0.4) is 0 Å². The third kappa shape index (κ3) is 2.41. The van der Waals surface area contributed by atoms with Gasteiger partial charge in [-0.25, -0.2) is 0 Å². The number of aliphatic hydroxyl groups excluding tert-OH is 1. The van der Waals surface area contributed by atoms with E-state index < -0.39 is 0 Å². The number of rotatable bonds is 3. The molecule has 0 aromatic heterocycles. The smallest absolute Gasteiger partial charge is 0.0703 e. The summed E-state index contributed by atoms with van der Waals surface area (Å²) in [6.45, 7) is 7.98. The molecule has 0 aliphatic carbocycles. The zero-order valence-corrected chi connectivity index (χ0v) is 10.6. The Balaban J connectivity index is 1.96. The Kier molecular flexibility index (Phi) is 3.88. The molecule has 2 aliphatic heterocycles. The Morgan fingerprint density at radius 3 is 2.75 bits per heavy atom. The van der Waals surface area contributed by atoms with E-state index in [0.29, 0.717) is 18.6 Å². The van der Waals surface area contributed by atoms with Gasteiger partial charge in [0.2, 0.25) is 0 Å². The number of ether oxygens (including phenoxy) is 1. The zero-order valence-electron chi connectivity index (χ0n) is 10.6. The van der Waals surface area contributed by atoms with Crippen LogP contribution in [-0.4, -0.2) is 48.0 Å². The van der Waals surface area contributed by atoms with Gasteiger partial charge in [-0.2, -0.15) is 0 Å². The van der Waals surface area contributed by atoms with Crippen molar-refractivity contribution in [1.82, 2.24) is 4.90 Å². The van der Waals surface area contributed by atoms with Crippen molar-refractivity contribution in [2.24, 2.45) is 5.92 Å². The molecule has 3 nitrogen and oxygen atoms in total. The standard InChI is InChI=1S/C13H25NO2/c1-13(2)11(10-15)5-3-7-14(13)9-12-6-4-8-16-12/h11-12,15H,3-10H2,1-2H3. The largest absolute Gasteiger partial charge is 0.396 e. The van der Waals surface area contributed by atoms with Crippen molar-refractivity contribution < 1.29 is 9.84 Å². The summed E-state index contributed by atoms with van der Waals surface area (Å²) < 4.78 is 5.71. The van der Waals surface area contributed by atoms with Gasteiger partial charge in [-0.15, -0.1) is 0 Å². The van der Waals surface area contributed by atoms with Crippen molar-refractivity contribution in [2.75, 3.05) is 26.3 Å². The molecule has 2 unspecified atom stereocenters. The fraction of sp³-hybridized carbons (Fsp3) is 1.00. The summed E-state index contributed by atoms with van der Waals surface area (Å²) in [5, 5.41) is 9.45. The molecule has 0 spiro atoms. The third-order valence-electron chi connectivity index (χ3n) is 4.46. The molecular formula is C13H25NO2. The van der Waals surface area contributed by atoms with E-state index in [9.17, 15) is 5.11 Å². The average Bonchev–Trinajstić information content (AvgIpc) is 2.73. The molecule has 94 valence electrons. The van der Waals surface area contributed by atoms with Crippen LogP contribution in [0.2, 0.25) is 0 Å². The molecule has 0 saturated carbocycles. The van der Waals surface area contributed by atoms with Crippen LogP contribution in [0.4, 0.5) is 0 Å². The lowest BCUT2D eigenvalue weighted by atomic mass is 9.79. The SMILES string of the molecule is CC1(C)C(CO)CCCN1CC1CCCO1. The maximum atomic E-state index is 9.45. The number of likely N-dealkylation sites (tertiary alicyclic amines) is 1. The Morgan fingerprint density at radius 1 is 1.31 bits per heavy atom. The fourth-order valence-corrected chi connectivity index (χ4v) is 3.10. The van der Waals surface area contributed by atoms with E-state index in [-0.39, 0.29) is 5.54 Å². The lowest BCUT2D eigenvalue weighted by molar-refractivity contribution is -0.0339. The number of aliphatic hydroxyl groups is 1. The second-order valence-corrected chi connectivity index (χ2v) is 5.76. The van der Waals surface area contributed by atoms with Gasteiger partial charge in [-0.3, -0.25) is 4.90 Å². The first kappa shape index (κ1) is 12.3. The van der Waals surface area contributed by atoms with Gasteiger partial charge >= 0.3 is 0 Å². The third-order valence-corrected chi connectivity index (χ3v) is 4.46. The molecule has 2 rings (SSSR count). The Bertz CT molecular complexity index is 224. The molecule has 0 aromatic carbocycles. The molecule has 2 heterocycles. The topological polar surface area (TPSA) is 32.7 Å². The molecule has 16 heavy (non-hydrogen) atoms. The highest BCUT2D eigenvalue weighted by atomic mass is 16.5. The molecule has 2 atom stereocenters. The van der Waals surface area contributed by atoms with Crippen molar-refractivity contribution in [3.05, 3.63) is 0 Å². The number of nitrogens with zero attached hydrogens (tertiary/aromatic N) is 1. The summed E-state index contributed by atoms with van der Waals surface area (Å²) in [4.78, 5) is 2.52. The monoisotopic (exact) mass is 227 g/mol. The fourth-order valence-electron chi connectivity index (χ4n) is 3.10. The first-order valence-electron chi connectivity index (χ1n) is 6.62. The van der Waals surface area contributed by atoms with Crippen molar-refractivity contribution in [2.45, 2.75) is 51.2 Å². The van der Waals surface area contributed by atoms with Crippen molar-refractivity contribution in [3.63, 3.8) is 0 Å². The minimum absolute atomic E-state index is 0.124. The van der Waals surface area contributed by atoms with E-state index in [1.165, 1.54) is 19.3 Å². The number of hydrogen-bond donors (Lipinski definition) is 1. The molecule has 2 saturated heterocycles. The van der Waals surface area contributed by atoms with Crippen LogP contribution >= 0.6 is 0 Å². The predicted octanol–water partition coefficient (Wildman–Crippen LogP) is 1.65. The minimum atomic E-state index is 0.124. The van der Waals surface area contributed by atoms with Gasteiger partial charge in [0.1, 0.15) is 0 Å². The van der Waals surface area contributed by atoms with Crippen LogP contribution in [0.5, 0.6) is 0 Å². The maximum Gasteiger partial charge on any atom is 0.0703 e. The van der Waals surface area contributed by atoms with Crippen LogP contribution in [0.15, 0.2) is 0 Å². The lowest BCUT2D eigenvalue weighted by Gasteiger charge is -2.48. The van der Waals surface area contributed by atoms with E-state index in [1.54, 1.807) is 0 Å². The molecule has 2 fully saturated rings. The summed E-state index contributed by atoms with van der Waals surface area (Å²) in [5.41, 5.74) is 0.124. The van der Waals surface area contributed by atoms with E-state index in [1.807, 2.05) is 0 Å². The molecule has 1 N–H and O–H groups in total. The lowest BCUT2D eigenvalue weighted by Crippen LogP contribution is -2.56. The Labute approximate surface area is 98.8 Å². The normalized spacial score (nSPS) is 35.4. The van der Waals surface area contributed by atoms with E-state index in [4.69, 9.17) is 4.74 Å². The van der Waals surface area contributed by atoms with Crippen LogP contribution in [0.25, 0.3) is 0 Å². The van der Waals surface area contributed by atoms with Gasteiger partial charge in [-0.05, 0) is 52.0 Å². The first-order valence-corrected chi connectivity index (χ1v) is 6.62. The van der Waals surface area contributed by atoms with Crippen molar-refractivity contribution in [3.8, 4) is 0 Å². The average molecular weight is 227 g/mol. The Morgan fingerprint density at radius 2 is 2.12 bits per heavy atom. The van der Waals surface area contributed by atoms with E-state index in [2.05, 4.69) is 18.7 Å². The second-order valence-electron chi connectivity index (χ2n) is 5.76. The first-order chi connectivity index (χ1) is 7.64. The molecule has 0 amide bonds. The summed E-state index contributed by atoms with van der Waals surface area (Å²) in [6, 6.07) is 0. The van der Waals surface area contributed by atoms with Gasteiger partial charge in [0.25, 0.3) is 0 Å². The summed E-state index contributed by atoms with van der Waals surface area (Å²) in [7, 11) is 0. The van der Waals surface area contributed by atoms with E-state index in [0.717, 1.165) is 26.1 Å². The van der Waals surface area contributed by atoms with E-state index >= 15 is 0 Å². The highest BCUT2D eigenvalue weighted by Crippen LogP contribution is 2.33. The minimum Gasteiger partial charge on any atom is -0.396 e. The van der Waals surface area contributed by atoms with Crippen molar-refractivity contribution in [1.29, 1.82) is 0 Å². The quantitative estimate of drug-likeness (QED) is 0.795. The molecule has 0 aromatic rings. The van der Waals surface area contributed by atoms with Crippen LogP contribution < -0.4 is 0 Å². The molecule has 0 bridgehead atoms. The van der Waals surface area contributed by atoms with Gasteiger partial charge < -0.3 is 9.84 Å².